The highest BCUT2D eigenvalue weighted by molar-refractivity contribution is 6.30. The van der Waals surface area contributed by atoms with Crippen LogP contribution in [0.4, 0.5) is 0 Å². The summed E-state index contributed by atoms with van der Waals surface area (Å²) in [4.78, 5) is 23.9. The van der Waals surface area contributed by atoms with Gasteiger partial charge in [0.25, 0.3) is 5.91 Å². The molecule has 0 saturated carbocycles. The summed E-state index contributed by atoms with van der Waals surface area (Å²) in [6, 6.07) is 16.8. The first-order valence-electron chi connectivity index (χ1n) is 8.45. The summed E-state index contributed by atoms with van der Waals surface area (Å²) in [7, 11) is 0. The smallest absolute Gasteiger partial charge is 0.251 e. The van der Waals surface area contributed by atoms with Crippen molar-refractivity contribution in [3.63, 3.8) is 0 Å². The molecule has 2 N–H and O–H groups in total. The summed E-state index contributed by atoms with van der Waals surface area (Å²) in [5, 5.41) is 6.27. The zero-order valence-electron chi connectivity index (χ0n) is 14.3. The highest BCUT2D eigenvalue weighted by atomic mass is 35.5. The predicted octanol–water partition coefficient (Wildman–Crippen LogP) is 3.77. The Morgan fingerprint density at radius 1 is 1.00 bits per heavy atom. The second-order valence-electron chi connectivity index (χ2n) is 5.83. The van der Waals surface area contributed by atoms with Crippen LogP contribution in [0.1, 0.15) is 41.6 Å². The zero-order chi connectivity index (χ0) is 18.1. The van der Waals surface area contributed by atoms with Crippen LogP contribution in [0, 0.1) is 0 Å². The molecule has 0 spiro atoms. The van der Waals surface area contributed by atoms with E-state index in [1.54, 1.807) is 24.3 Å². The number of nitrogens with one attached hydrogen (secondary N) is 2. The maximum Gasteiger partial charge on any atom is 0.251 e. The quantitative estimate of drug-likeness (QED) is 0.754. The first-order chi connectivity index (χ1) is 12.1. The molecule has 0 heterocycles. The van der Waals surface area contributed by atoms with Gasteiger partial charge in [0.05, 0.1) is 0 Å². The third-order valence-electron chi connectivity index (χ3n) is 4.05. The fourth-order valence-electron chi connectivity index (χ4n) is 2.54. The maximum atomic E-state index is 12.0. The largest absolute Gasteiger partial charge is 0.355 e. The summed E-state index contributed by atoms with van der Waals surface area (Å²) in [5.74, 6) is 0.0276. The molecule has 0 bridgehead atoms. The molecule has 2 rings (SSSR count). The third kappa shape index (κ3) is 6.24. The second kappa shape index (κ2) is 9.84. The van der Waals surface area contributed by atoms with Gasteiger partial charge < -0.3 is 10.6 Å². The van der Waals surface area contributed by atoms with Gasteiger partial charge in [-0.25, -0.2) is 0 Å². The fourth-order valence-corrected chi connectivity index (χ4v) is 2.67. The van der Waals surface area contributed by atoms with E-state index < -0.39 is 0 Å². The number of halogens is 1. The van der Waals surface area contributed by atoms with Crippen LogP contribution in [0.5, 0.6) is 0 Å². The molecule has 0 saturated heterocycles. The van der Waals surface area contributed by atoms with Gasteiger partial charge in [-0.2, -0.15) is 0 Å². The average molecular weight is 359 g/mol. The number of hydrogen-bond acceptors (Lipinski definition) is 2. The average Bonchev–Trinajstić information content (AvgIpc) is 2.63. The molecule has 0 aliphatic heterocycles. The minimum Gasteiger partial charge on any atom is -0.355 e. The SMILES string of the molecule is CCC(CNC(=O)CCNC(=O)c1ccc(Cl)cc1)c1ccccc1. The van der Waals surface area contributed by atoms with Crippen molar-refractivity contribution in [2.45, 2.75) is 25.7 Å². The second-order valence-corrected chi connectivity index (χ2v) is 6.27. The Kier molecular flexibility index (Phi) is 7.48. The van der Waals surface area contributed by atoms with Crippen LogP contribution in [0.15, 0.2) is 54.6 Å². The molecule has 1 unspecified atom stereocenters. The lowest BCUT2D eigenvalue weighted by atomic mass is 9.96. The van der Waals surface area contributed by atoms with Gasteiger partial charge in [-0.1, -0.05) is 48.9 Å². The summed E-state index contributed by atoms with van der Waals surface area (Å²) in [6.07, 6.45) is 1.21. The molecule has 0 fully saturated rings. The van der Waals surface area contributed by atoms with Crippen LogP contribution in [-0.2, 0) is 4.79 Å². The van der Waals surface area contributed by atoms with Crippen LogP contribution in [-0.4, -0.2) is 24.9 Å². The van der Waals surface area contributed by atoms with Gasteiger partial charge in [0.15, 0.2) is 0 Å². The van der Waals surface area contributed by atoms with Crippen molar-refractivity contribution >= 4 is 23.4 Å². The van der Waals surface area contributed by atoms with E-state index in [1.165, 1.54) is 5.56 Å². The molecule has 2 amide bonds. The van der Waals surface area contributed by atoms with Gasteiger partial charge in [0.2, 0.25) is 5.91 Å². The van der Waals surface area contributed by atoms with Gasteiger partial charge >= 0.3 is 0 Å². The Labute approximate surface area is 153 Å². The van der Waals surface area contributed by atoms with Crippen LogP contribution in [0.3, 0.4) is 0 Å². The zero-order valence-corrected chi connectivity index (χ0v) is 15.1. The molecule has 0 radical (unpaired) electrons. The van der Waals surface area contributed by atoms with E-state index in [2.05, 4.69) is 29.7 Å². The van der Waals surface area contributed by atoms with Crippen molar-refractivity contribution in [2.24, 2.45) is 0 Å². The van der Waals surface area contributed by atoms with Crippen molar-refractivity contribution in [1.82, 2.24) is 10.6 Å². The van der Waals surface area contributed by atoms with E-state index in [9.17, 15) is 9.59 Å². The number of carbonyl (C=O) groups is 2. The number of hydrogen-bond donors (Lipinski definition) is 2. The van der Waals surface area contributed by atoms with E-state index in [4.69, 9.17) is 11.6 Å². The maximum absolute atomic E-state index is 12.0. The number of benzene rings is 2. The third-order valence-corrected chi connectivity index (χ3v) is 4.31. The number of rotatable bonds is 8. The predicted molar refractivity (Wildman–Crippen MR) is 101 cm³/mol. The molecule has 4 nitrogen and oxygen atoms in total. The van der Waals surface area contributed by atoms with E-state index in [1.807, 2.05) is 18.2 Å². The molecule has 1 atom stereocenters. The Morgan fingerprint density at radius 3 is 2.32 bits per heavy atom. The summed E-state index contributed by atoms with van der Waals surface area (Å²) >= 11 is 5.79. The lowest BCUT2D eigenvalue weighted by molar-refractivity contribution is -0.121. The van der Waals surface area contributed by atoms with Crippen LogP contribution < -0.4 is 10.6 Å². The summed E-state index contributed by atoms with van der Waals surface area (Å²) < 4.78 is 0. The van der Waals surface area contributed by atoms with Gasteiger partial charge in [0.1, 0.15) is 0 Å². The first kappa shape index (κ1) is 19.0. The molecule has 132 valence electrons. The van der Waals surface area contributed by atoms with Gasteiger partial charge in [0, 0.05) is 36.0 Å². The van der Waals surface area contributed by atoms with Crippen molar-refractivity contribution < 1.29 is 9.59 Å². The molecule has 0 aromatic heterocycles. The molecule has 25 heavy (non-hydrogen) atoms. The van der Waals surface area contributed by atoms with E-state index in [0.29, 0.717) is 29.6 Å². The number of amides is 2. The fraction of sp³-hybridized carbons (Fsp3) is 0.300. The topological polar surface area (TPSA) is 58.2 Å². The van der Waals surface area contributed by atoms with Gasteiger partial charge in [-0.15, -0.1) is 0 Å². The van der Waals surface area contributed by atoms with E-state index in [-0.39, 0.29) is 18.2 Å². The minimum absolute atomic E-state index is 0.0641. The Bertz CT molecular complexity index is 687. The molecule has 5 heteroatoms. The normalized spacial score (nSPS) is 11.6. The van der Waals surface area contributed by atoms with Gasteiger partial charge in [-0.3, -0.25) is 9.59 Å². The molecule has 0 aliphatic carbocycles. The Hall–Kier alpha value is -2.33. The molecule has 2 aromatic rings. The molecular weight excluding hydrogens is 336 g/mol. The summed E-state index contributed by atoms with van der Waals surface area (Å²) in [6.45, 7) is 3.01. The highest BCUT2D eigenvalue weighted by Gasteiger charge is 2.11. The lowest BCUT2D eigenvalue weighted by Crippen LogP contribution is -2.32. The Morgan fingerprint density at radius 2 is 1.68 bits per heavy atom. The first-order valence-corrected chi connectivity index (χ1v) is 8.83. The van der Waals surface area contributed by atoms with Crippen molar-refractivity contribution in [3.8, 4) is 0 Å². The van der Waals surface area contributed by atoms with Crippen LogP contribution >= 0.6 is 11.6 Å². The summed E-state index contributed by atoms with van der Waals surface area (Å²) in [5.41, 5.74) is 1.75. The molecule has 2 aromatic carbocycles. The van der Waals surface area contributed by atoms with Gasteiger partial charge in [-0.05, 0) is 36.2 Å². The Balaban J connectivity index is 1.71. The monoisotopic (exact) mass is 358 g/mol. The lowest BCUT2D eigenvalue weighted by Gasteiger charge is -2.16. The van der Waals surface area contributed by atoms with Crippen LogP contribution in [0.2, 0.25) is 5.02 Å². The van der Waals surface area contributed by atoms with Crippen molar-refractivity contribution in [1.29, 1.82) is 0 Å². The molecule has 0 aliphatic rings. The van der Waals surface area contributed by atoms with Crippen molar-refractivity contribution in [2.75, 3.05) is 13.1 Å². The standard InChI is InChI=1S/C20H23ClN2O2/c1-2-15(16-6-4-3-5-7-16)14-23-19(24)12-13-22-20(25)17-8-10-18(21)11-9-17/h3-11,15H,2,12-14H2,1H3,(H,22,25)(H,23,24). The minimum atomic E-state index is -0.208. The van der Waals surface area contributed by atoms with Crippen LogP contribution in [0.25, 0.3) is 0 Å². The van der Waals surface area contributed by atoms with Crippen molar-refractivity contribution in [3.05, 3.63) is 70.7 Å². The highest BCUT2D eigenvalue weighted by Crippen LogP contribution is 2.17. The van der Waals surface area contributed by atoms with E-state index in [0.717, 1.165) is 6.42 Å². The molecular formula is C20H23ClN2O2. The van der Waals surface area contributed by atoms with E-state index >= 15 is 0 Å². The number of carbonyl (C=O) groups excluding carboxylic acids is 2.